The van der Waals surface area contributed by atoms with Crippen LogP contribution in [0.1, 0.15) is 18.1 Å². The fourth-order valence-corrected chi connectivity index (χ4v) is 3.97. The van der Waals surface area contributed by atoms with Crippen molar-refractivity contribution in [1.82, 2.24) is 0 Å². The molecule has 0 saturated carbocycles. The number of benzene rings is 3. The molecule has 6 heteroatoms. The number of rotatable bonds is 8. The van der Waals surface area contributed by atoms with Crippen LogP contribution in [0.4, 0.5) is 0 Å². The molecular weight excluding hydrogens is 398 g/mol. The van der Waals surface area contributed by atoms with E-state index in [0.717, 1.165) is 5.56 Å². The standard InChI is InChI=1S/C24H21NO4S/c1-2-28-24-16-20(13-14-23(24)29-18-19-9-5-3-6-10-19)15-22(17-25)30(26,27)21-11-7-4-8-12-21/h3-16H,2,18H2,1H3/b22-15+. The summed E-state index contributed by atoms with van der Waals surface area (Å²) in [5, 5.41) is 9.47. The van der Waals surface area contributed by atoms with E-state index in [2.05, 4.69) is 0 Å². The van der Waals surface area contributed by atoms with Crippen LogP contribution < -0.4 is 9.47 Å². The van der Waals surface area contributed by atoms with E-state index in [4.69, 9.17) is 9.47 Å². The molecule has 30 heavy (non-hydrogen) atoms. The summed E-state index contributed by atoms with van der Waals surface area (Å²) in [4.78, 5) is -0.264. The van der Waals surface area contributed by atoms with Crippen LogP contribution in [0.25, 0.3) is 6.08 Å². The van der Waals surface area contributed by atoms with Gasteiger partial charge in [-0.3, -0.25) is 0 Å². The maximum Gasteiger partial charge on any atom is 0.216 e. The zero-order valence-corrected chi connectivity index (χ0v) is 17.3. The van der Waals surface area contributed by atoms with Gasteiger partial charge in [-0.2, -0.15) is 5.26 Å². The third kappa shape index (κ3) is 5.07. The van der Waals surface area contributed by atoms with Gasteiger partial charge < -0.3 is 9.47 Å². The molecule has 0 bridgehead atoms. The molecule has 3 aromatic carbocycles. The van der Waals surface area contributed by atoms with Crippen molar-refractivity contribution in [3.63, 3.8) is 0 Å². The molecule has 0 radical (unpaired) electrons. The minimum Gasteiger partial charge on any atom is -0.490 e. The highest BCUT2D eigenvalue weighted by Crippen LogP contribution is 2.31. The highest BCUT2D eigenvalue weighted by molar-refractivity contribution is 7.95. The first-order valence-electron chi connectivity index (χ1n) is 9.40. The van der Waals surface area contributed by atoms with E-state index in [1.54, 1.807) is 42.5 Å². The van der Waals surface area contributed by atoms with Crippen molar-refractivity contribution >= 4 is 15.9 Å². The van der Waals surface area contributed by atoms with Crippen LogP contribution in [0.2, 0.25) is 0 Å². The number of hydrogen-bond acceptors (Lipinski definition) is 5. The van der Waals surface area contributed by atoms with Gasteiger partial charge in [-0.15, -0.1) is 0 Å². The predicted octanol–water partition coefficient (Wildman–Crippen LogP) is 5.00. The number of sulfone groups is 1. The van der Waals surface area contributed by atoms with Crippen LogP contribution in [0.5, 0.6) is 11.5 Å². The molecule has 0 aliphatic carbocycles. The van der Waals surface area contributed by atoms with Gasteiger partial charge in [0.15, 0.2) is 11.5 Å². The lowest BCUT2D eigenvalue weighted by molar-refractivity contribution is 0.269. The number of nitriles is 1. The Kier molecular flexibility index (Phi) is 6.89. The molecular formula is C24H21NO4S. The minimum absolute atomic E-state index is 0.0747. The van der Waals surface area contributed by atoms with Crippen LogP contribution in [-0.2, 0) is 16.4 Å². The zero-order valence-electron chi connectivity index (χ0n) is 16.5. The van der Waals surface area contributed by atoms with Gasteiger partial charge in [0.05, 0.1) is 11.5 Å². The van der Waals surface area contributed by atoms with Crippen molar-refractivity contribution in [3.05, 3.63) is 94.9 Å². The van der Waals surface area contributed by atoms with Crippen molar-refractivity contribution in [2.75, 3.05) is 6.61 Å². The molecule has 5 nitrogen and oxygen atoms in total. The molecule has 0 fully saturated rings. The normalized spacial score (nSPS) is 11.5. The highest BCUT2D eigenvalue weighted by Gasteiger charge is 2.20. The largest absolute Gasteiger partial charge is 0.490 e. The predicted molar refractivity (Wildman–Crippen MR) is 116 cm³/mol. The second-order valence-corrected chi connectivity index (χ2v) is 8.27. The molecule has 0 spiro atoms. The van der Waals surface area contributed by atoms with Gasteiger partial charge >= 0.3 is 0 Å². The summed E-state index contributed by atoms with van der Waals surface area (Å²) >= 11 is 0. The third-order valence-electron chi connectivity index (χ3n) is 4.26. The number of ether oxygens (including phenoxy) is 2. The van der Waals surface area contributed by atoms with Gasteiger partial charge in [0.1, 0.15) is 17.6 Å². The van der Waals surface area contributed by atoms with E-state index < -0.39 is 9.84 Å². The average molecular weight is 420 g/mol. The number of hydrogen-bond donors (Lipinski definition) is 0. The average Bonchev–Trinajstić information content (AvgIpc) is 2.78. The minimum atomic E-state index is -3.90. The smallest absolute Gasteiger partial charge is 0.216 e. The van der Waals surface area contributed by atoms with Crippen molar-refractivity contribution in [2.45, 2.75) is 18.4 Å². The Labute approximate surface area is 176 Å². The van der Waals surface area contributed by atoms with Crippen LogP contribution >= 0.6 is 0 Å². The lowest BCUT2D eigenvalue weighted by Crippen LogP contribution is -2.03. The number of nitrogens with zero attached hydrogens (tertiary/aromatic N) is 1. The first-order chi connectivity index (χ1) is 14.5. The molecule has 0 heterocycles. The van der Waals surface area contributed by atoms with Crippen molar-refractivity contribution in [1.29, 1.82) is 5.26 Å². The molecule has 0 N–H and O–H groups in total. The highest BCUT2D eigenvalue weighted by atomic mass is 32.2. The monoisotopic (exact) mass is 419 g/mol. The van der Waals surface area contributed by atoms with Crippen molar-refractivity contribution < 1.29 is 17.9 Å². The molecule has 0 unspecified atom stereocenters. The first-order valence-corrected chi connectivity index (χ1v) is 10.9. The topological polar surface area (TPSA) is 76.4 Å². The summed E-state index contributed by atoms with van der Waals surface area (Å²) in [6, 6.07) is 24.5. The van der Waals surface area contributed by atoms with Gasteiger partial charge in [0.25, 0.3) is 0 Å². The lowest BCUT2D eigenvalue weighted by Gasteiger charge is -2.13. The van der Waals surface area contributed by atoms with E-state index in [-0.39, 0.29) is 9.80 Å². The van der Waals surface area contributed by atoms with E-state index in [1.165, 1.54) is 18.2 Å². The molecule has 0 aliphatic rings. The Hall–Kier alpha value is -3.56. The summed E-state index contributed by atoms with van der Waals surface area (Å²) in [5.41, 5.74) is 1.55. The Morgan fingerprint density at radius 1 is 0.933 bits per heavy atom. The molecule has 0 atom stereocenters. The Bertz CT molecular complexity index is 1160. The lowest BCUT2D eigenvalue weighted by atomic mass is 10.2. The third-order valence-corrected chi connectivity index (χ3v) is 5.94. The second-order valence-electron chi connectivity index (χ2n) is 6.35. The molecule has 0 saturated heterocycles. The molecule has 0 aromatic heterocycles. The van der Waals surface area contributed by atoms with Crippen LogP contribution in [-0.4, -0.2) is 15.0 Å². The van der Waals surface area contributed by atoms with Crippen molar-refractivity contribution in [3.8, 4) is 17.6 Å². The van der Waals surface area contributed by atoms with Crippen molar-refractivity contribution in [2.24, 2.45) is 0 Å². The van der Waals surface area contributed by atoms with Crippen LogP contribution in [0.15, 0.2) is 88.7 Å². The molecule has 0 aliphatic heterocycles. The maximum atomic E-state index is 12.8. The SMILES string of the molecule is CCOc1cc(/C=C(\C#N)S(=O)(=O)c2ccccc2)ccc1OCc1ccccc1. The summed E-state index contributed by atoms with van der Waals surface area (Å²) in [5.74, 6) is 1.03. The van der Waals surface area contributed by atoms with E-state index in [1.807, 2.05) is 37.3 Å². The molecule has 0 amide bonds. The van der Waals surface area contributed by atoms with E-state index in [9.17, 15) is 13.7 Å². The Balaban J connectivity index is 1.90. The summed E-state index contributed by atoms with van der Waals surface area (Å²) in [7, 11) is -3.90. The van der Waals surface area contributed by atoms with Crippen LogP contribution in [0, 0.1) is 11.3 Å². The summed E-state index contributed by atoms with van der Waals surface area (Å²) in [6.07, 6.45) is 1.34. The molecule has 152 valence electrons. The van der Waals surface area contributed by atoms with Crippen LogP contribution in [0.3, 0.4) is 0 Å². The molecule has 3 rings (SSSR count). The van der Waals surface area contributed by atoms with E-state index >= 15 is 0 Å². The quantitative estimate of drug-likeness (QED) is 0.480. The van der Waals surface area contributed by atoms with Gasteiger partial charge in [0.2, 0.25) is 9.84 Å². The zero-order chi connectivity index (χ0) is 21.4. The fraction of sp³-hybridized carbons (Fsp3) is 0.125. The van der Waals surface area contributed by atoms with Gasteiger partial charge in [-0.1, -0.05) is 54.6 Å². The summed E-state index contributed by atoms with van der Waals surface area (Å²) in [6.45, 7) is 2.65. The van der Waals surface area contributed by atoms with Gasteiger partial charge in [-0.25, -0.2) is 8.42 Å². The fourth-order valence-electron chi connectivity index (χ4n) is 2.79. The Morgan fingerprint density at radius 3 is 2.23 bits per heavy atom. The van der Waals surface area contributed by atoms with Gasteiger partial charge in [0, 0.05) is 0 Å². The summed E-state index contributed by atoms with van der Waals surface area (Å²) < 4.78 is 37.1. The van der Waals surface area contributed by atoms with Gasteiger partial charge in [-0.05, 0) is 48.4 Å². The molecule has 3 aromatic rings. The number of allylic oxidation sites excluding steroid dienone is 1. The first kappa shape index (κ1) is 21.2. The Morgan fingerprint density at radius 2 is 1.60 bits per heavy atom. The van der Waals surface area contributed by atoms with E-state index in [0.29, 0.717) is 30.3 Å². The maximum absolute atomic E-state index is 12.8. The second kappa shape index (κ2) is 9.77.